The summed E-state index contributed by atoms with van der Waals surface area (Å²) in [6.07, 6.45) is 6.19. The van der Waals surface area contributed by atoms with Crippen molar-refractivity contribution in [3.63, 3.8) is 0 Å². The van der Waals surface area contributed by atoms with Crippen molar-refractivity contribution in [1.82, 2.24) is 26.2 Å². The van der Waals surface area contributed by atoms with Gasteiger partial charge in [-0.2, -0.15) is 0 Å². The van der Waals surface area contributed by atoms with Crippen LogP contribution in [0.1, 0.15) is 92.9 Å². The summed E-state index contributed by atoms with van der Waals surface area (Å²) in [5, 5.41) is 10.8. The quantitative estimate of drug-likeness (QED) is 0.0989. The van der Waals surface area contributed by atoms with Crippen LogP contribution >= 0.6 is 23.2 Å². The second-order valence-corrected chi connectivity index (χ2v) is 16.3. The Balaban J connectivity index is 1.77. The number of rotatable bonds is 13. The van der Waals surface area contributed by atoms with Crippen LogP contribution < -0.4 is 21.3 Å². The Hall–Kier alpha value is -2.86. The van der Waals surface area contributed by atoms with Gasteiger partial charge in [-0.3, -0.25) is 24.0 Å². The minimum atomic E-state index is -1.24. The van der Waals surface area contributed by atoms with Gasteiger partial charge in [-0.1, -0.05) is 25.3 Å². The minimum Gasteiger partial charge on any atom is -0.460 e. The van der Waals surface area contributed by atoms with Crippen molar-refractivity contribution in [3.05, 3.63) is 12.7 Å². The van der Waals surface area contributed by atoms with Gasteiger partial charge in [-0.05, 0) is 73.1 Å². The first-order valence-corrected chi connectivity index (χ1v) is 17.2. The molecule has 0 bridgehead atoms. The number of likely N-dealkylation sites (tertiary alicyclic amines) is 1. The lowest BCUT2D eigenvalue weighted by atomic mass is 9.83. The van der Waals surface area contributed by atoms with Gasteiger partial charge >= 0.3 is 12.0 Å². The van der Waals surface area contributed by atoms with Crippen LogP contribution in [-0.4, -0.2) is 87.1 Å². The summed E-state index contributed by atoms with van der Waals surface area (Å²) in [4.78, 5) is 80.6. The third-order valence-corrected chi connectivity index (χ3v) is 9.66. The molecule has 5 amide bonds. The number of ether oxygens (including phenoxy) is 1. The number of carbonyl (C=O) groups is 6. The highest BCUT2D eigenvalue weighted by atomic mass is 35.5. The normalized spacial score (nSPS) is 23.4. The summed E-state index contributed by atoms with van der Waals surface area (Å²) in [5.41, 5.74) is -1.23. The number of nitrogens with zero attached hydrogens (tertiary/aromatic N) is 1. The van der Waals surface area contributed by atoms with Gasteiger partial charge in [0, 0.05) is 30.5 Å². The molecular weight excluding hydrogens is 649 g/mol. The number of carbonyl (C=O) groups excluding carboxylic acids is 6. The minimum absolute atomic E-state index is 0.0778. The molecule has 14 heteroatoms. The number of nitrogens with one attached hydrogen (secondary N) is 4. The maximum atomic E-state index is 14.2. The summed E-state index contributed by atoms with van der Waals surface area (Å²) >= 11 is 13.1. The zero-order valence-corrected chi connectivity index (χ0v) is 29.9. The number of ketones is 1. The van der Waals surface area contributed by atoms with Crippen molar-refractivity contribution in [3.8, 4) is 0 Å². The molecule has 47 heavy (non-hydrogen) atoms. The Morgan fingerprint density at radius 2 is 1.64 bits per heavy atom. The van der Waals surface area contributed by atoms with Crippen molar-refractivity contribution >= 4 is 58.7 Å². The lowest BCUT2D eigenvalue weighted by molar-refractivity contribution is -0.154. The van der Waals surface area contributed by atoms with E-state index in [1.807, 2.05) is 20.8 Å². The van der Waals surface area contributed by atoms with E-state index in [-0.39, 0.29) is 37.8 Å². The van der Waals surface area contributed by atoms with E-state index < -0.39 is 75.0 Å². The second kappa shape index (κ2) is 15.6. The average molecular weight is 701 g/mol. The number of esters is 1. The third-order valence-electron chi connectivity index (χ3n) is 8.60. The predicted octanol–water partition coefficient (Wildman–Crippen LogP) is 3.53. The fourth-order valence-electron chi connectivity index (χ4n) is 6.40. The van der Waals surface area contributed by atoms with Gasteiger partial charge in [0.1, 0.15) is 22.0 Å². The summed E-state index contributed by atoms with van der Waals surface area (Å²) in [6.45, 7) is 14.3. The van der Waals surface area contributed by atoms with Crippen molar-refractivity contribution in [2.75, 3.05) is 13.1 Å². The molecule has 0 aromatic rings. The number of fused-ring (bicyclic) bond motifs is 1. The summed E-state index contributed by atoms with van der Waals surface area (Å²) in [6, 6.07) is -3.71. The van der Waals surface area contributed by atoms with E-state index >= 15 is 0 Å². The monoisotopic (exact) mass is 699 g/mol. The molecule has 3 aliphatic rings. The van der Waals surface area contributed by atoms with E-state index in [0.29, 0.717) is 6.42 Å². The Bertz CT molecular complexity index is 1220. The zero-order chi connectivity index (χ0) is 35.3. The number of hydrogen-bond donors (Lipinski definition) is 4. The van der Waals surface area contributed by atoms with E-state index in [9.17, 15) is 28.8 Å². The molecule has 4 N–H and O–H groups in total. The van der Waals surface area contributed by atoms with E-state index in [1.165, 1.54) is 4.90 Å². The van der Waals surface area contributed by atoms with E-state index in [4.69, 9.17) is 27.9 Å². The molecule has 1 unspecified atom stereocenters. The molecule has 2 saturated carbocycles. The molecule has 1 aliphatic heterocycles. The second-order valence-electron chi connectivity index (χ2n) is 14.9. The lowest BCUT2D eigenvalue weighted by Crippen LogP contribution is -2.61. The molecule has 12 nitrogen and oxygen atoms in total. The van der Waals surface area contributed by atoms with E-state index in [2.05, 4.69) is 27.8 Å². The number of halogens is 2. The van der Waals surface area contributed by atoms with Gasteiger partial charge < -0.3 is 30.9 Å². The van der Waals surface area contributed by atoms with Crippen LogP contribution in [0.4, 0.5) is 4.79 Å². The van der Waals surface area contributed by atoms with Crippen LogP contribution in [0.3, 0.4) is 0 Å². The lowest BCUT2D eigenvalue weighted by Gasteiger charge is -2.37. The van der Waals surface area contributed by atoms with Crippen LogP contribution in [-0.2, 0) is 28.7 Å². The first-order chi connectivity index (χ1) is 21.8. The highest BCUT2D eigenvalue weighted by Gasteiger charge is 2.74. The van der Waals surface area contributed by atoms with Crippen LogP contribution in [0, 0.1) is 17.8 Å². The summed E-state index contributed by atoms with van der Waals surface area (Å²) in [5.74, 6) is -4.58. The Kier molecular flexibility index (Phi) is 12.8. The van der Waals surface area contributed by atoms with Crippen molar-refractivity contribution in [1.29, 1.82) is 0 Å². The maximum absolute atomic E-state index is 14.2. The van der Waals surface area contributed by atoms with Crippen molar-refractivity contribution in [2.45, 2.75) is 127 Å². The smallest absolute Gasteiger partial charge is 0.315 e. The van der Waals surface area contributed by atoms with Crippen LogP contribution in [0.25, 0.3) is 0 Å². The molecule has 2 aliphatic carbocycles. The highest BCUT2D eigenvalue weighted by molar-refractivity contribution is 6.51. The average Bonchev–Trinajstić information content (AvgIpc) is 3.26. The van der Waals surface area contributed by atoms with Gasteiger partial charge in [0.05, 0.1) is 12.5 Å². The topological polar surface area (TPSA) is 163 Å². The first kappa shape index (κ1) is 38.6. The molecule has 5 atom stereocenters. The predicted molar refractivity (Wildman–Crippen MR) is 179 cm³/mol. The molecule has 0 aromatic heterocycles. The standard InChI is InChI=1S/C33H51Cl2N5O7/c1-8-9-15-21(26(42)28(44)36-17-16-22(41)47-32(5,6)7)37-27(43)25-23-20(33(23,34)35)18-40(25)29(45)24(19-13-11-10-12-14-19)38-30(46)39-31(2,3)4/h8,19-21,23-25H,1,9-18H2,2-7H3,(H,36,44)(H,37,43)(H2,38,39,46)/t20-,21?,23-,24-,25-/m0/s1. The number of allylic oxidation sites excluding steroid dienone is 1. The molecule has 1 saturated heterocycles. The number of hydrogen-bond acceptors (Lipinski definition) is 7. The number of piperidine rings is 1. The number of urea groups is 1. The van der Waals surface area contributed by atoms with Crippen LogP contribution in [0.2, 0.25) is 0 Å². The molecule has 3 rings (SSSR count). The van der Waals surface area contributed by atoms with Crippen molar-refractivity contribution < 1.29 is 33.5 Å². The fraction of sp³-hybridized carbons (Fsp3) is 0.758. The van der Waals surface area contributed by atoms with E-state index in [1.54, 1.807) is 26.8 Å². The molecule has 0 radical (unpaired) electrons. The molecule has 264 valence electrons. The Labute approximate surface area is 287 Å². The van der Waals surface area contributed by atoms with Gasteiger partial charge in [0.2, 0.25) is 17.6 Å². The number of alkyl halides is 2. The van der Waals surface area contributed by atoms with Gasteiger partial charge in [-0.15, -0.1) is 29.8 Å². The van der Waals surface area contributed by atoms with Gasteiger partial charge in [0.25, 0.3) is 5.91 Å². The third kappa shape index (κ3) is 10.6. The largest absolute Gasteiger partial charge is 0.460 e. The Morgan fingerprint density at radius 3 is 2.21 bits per heavy atom. The fourth-order valence-corrected chi connectivity index (χ4v) is 7.23. The number of Topliss-reactive ketones (excluding diaryl/α,β-unsaturated/α-hetero) is 1. The van der Waals surface area contributed by atoms with Gasteiger partial charge in [0.15, 0.2) is 0 Å². The molecule has 3 fully saturated rings. The van der Waals surface area contributed by atoms with E-state index in [0.717, 1.165) is 32.1 Å². The molecule has 0 aromatic carbocycles. The highest BCUT2D eigenvalue weighted by Crippen LogP contribution is 2.65. The number of amides is 5. The summed E-state index contributed by atoms with van der Waals surface area (Å²) in [7, 11) is 0. The Morgan fingerprint density at radius 1 is 1.00 bits per heavy atom. The molecule has 1 heterocycles. The van der Waals surface area contributed by atoms with Crippen LogP contribution in [0.5, 0.6) is 0 Å². The maximum Gasteiger partial charge on any atom is 0.315 e. The molecular formula is C33H51Cl2N5O7. The van der Waals surface area contributed by atoms with Crippen LogP contribution in [0.15, 0.2) is 12.7 Å². The first-order valence-electron chi connectivity index (χ1n) is 16.5. The summed E-state index contributed by atoms with van der Waals surface area (Å²) < 4.78 is 3.98. The van der Waals surface area contributed by atoms with Gasteiger partial charge in [-0.25, -0.2) is 4.79 Å². The molecule has 0 spiro atoms. The van der Waals surface area contributed by atoms with Crippen molar-refractivity contribution in [2.24, 2.45) is 17.8 Å². The SMILES string of the molecule is C=CCCC(NC(=O)[C@@H]1[C@@H]2[C@H](CN1C(=O)[C@@H](NC(=O)NC(C)(C)C)C1CCCCC1)C2(Cl)Cl)C(=O)C(=O)NCCC(=O)OC(C)(C)C. The zero-order valence-electron chi connectivity index (χ0n) is 28.4.